The average molecular weight is 477 g/mol. The normalized spacial score (nSPS) is 20.9. The van der Waals surface area contributed by atoms with E-state index in [2.05, 4.69) is 24.5 Å². The van der Waals surface area contributed by atoms with Crippen LogP contribution in [0.3, 0.4) is 0 Å². The van der Waals surface area contributed by atoms with Crippen molar-refractivity contribution in [2.45, 2.75) is 40.0 Å². The molecule has 0 bridgehead atoms. The van der Waals surface area contributed by atoms with E-state index in [0.29, 0.717) is 49.0 Å². The van der Waals surface area contributed by atoms with Gasteiger partial charge in [0, 0.05) is 49.0 Å². The molecule has 4 amide bonds. The lowest BCUT2D eigenvalue weighted by atomic mass is 9.91. The van der Waals surface area contributed by atoms with Gasteiger partial charge in [0.25, 0.3) is 5.91 Å². The average Bonchev–Trinajstić information content (AvgIpc) is 2.85. The van der Waals surface area contributed by atoms with Crippen molar-refractivity contribution < 1.29 is 14.4 Å². The van der Waals surface area contributed by atoms with Crippen molar-refractivity contribution in [3.8, 4) is 0 Å². The zero-order valence-corrected chi connectivity index (χ0v) is 20.9. The summed E-state index contributed by atoms with van der Waals surface area (Å²) in [5, 5.41) is 5.95. The molecule has 0 radical (unpaired) electrons. The van der Waals surface area contributed by atoms with Crippen LogP contribution in [0.25, 0.3) is 0 Å². The third-order valence-corrected chi connectivity index (χ3v) is 7.08. The number of para-hydroxylation sites is 1. The zero-order chi connectivity index (χ0) is 24.9. The Bertz CT molecular complexity index is 1050. The number of hydrogen-bond donors (Lipinski definition) is 2. The molecule has 2 N–H and O–H groups in total. The lowest BCUT2D eigenvalue weighted by Crippen LogP contribution is -2.43. The molecule has 2 aromatic rings. The number of amides is 4. The van der Waals surface area contributed by atoms with Gasteiger partial charge in [-0.1, -0.05) is 38.1 Å². The number of urea groups is 1. The van der Waals surface area contributed by atoms with Crippen molar-refractivity contribution in [1.82, 2.24) is 9.80 Å². The predicted molar refractivity (Wildman–Crippen MR) is 138 cm³/mol. The molecule has 7 nitrogen and oxygen atoms in total. The number of aryl methyl sites for hydroxylation is 1. The van der Waals surface area contributed by atoms with Gasteiger partial charge in [-0.15, -0.1) is 0 Å². The minimum Gasteiger partial charge on any atom is -0.338 e. The minimum atomic E-state index is -0.168. The van der Waals surface area contributed by atoms with Crippen LogP contribution in [0, 0.1) is 24.7 Å². The molecule has 2 aliphatic rings. The highest BCUT2D eigenvalue weighted by molar-refractivity contribution is 5.98. The van der Waals surface area contributed by atoms with Crippen molar-refractivity contribution >= 4 is 29.2 Å². The molecule has 2 atom stereocenters. The van der Waals surface area contributed by atoms with Crippen molar-refractivity contribution in [3.63, 3.8) is 0 Å². The number of nitrogens with one attached hydrogen (secondary N) is 2. The Labute approximate surface area is 207 Å². The molecule has 7 heteroatoms. The van der Waals surface area contributed by atoms with E-state index >= 15 is 0 Å². The number of benzene rings is 2. The Hall–Kier alpha value is -3.35. The van der Waals surface area contributed by atoms with Crippen LogP contribution in [0.15, 0.2) is 48.5 Å². The first-order chi connectivity index (χ1) is 16.8. The molecule has 2 aromatic carbocycles. The van der Waals surface area contributed by atoms with Crippen molar-refractivity contribution in [1.29, 1.82) is 0 Å². The second-order valence-electron chi connectivity index (χ2n) is 10.2. The fourth-order valence-corrected chi connectivity index (χ4v) is 5.20. The summed E-state index contributed by atoms with van der Waals surface area (Å²) in [4.78, 5) is 42.4. The summed E-state index contributed by atoms with van der Waals surface area (Å²) < 4.78 is 0. The van der Waals surface area contributed by atoms with Crippen LogP contribution in [0.5, 0.6) is 0 Å². The van der Waals surface area contributed by atoms with E-state index in [1.54, 1.807) is 4.90 Å². The Morgan fingerprint density at radius 2 is 1.51 bits per heavy atom. The molecule has 2 aliphatic heterocycles. The van der Waals surface area contributed by atoms with Crippen LogP contribution in [-0.2, 0) is 4.79 Å². The first-order valence-electron chi connectivity index (χ1n) is 12.6. The molecular formula is C28H36N4O3. The Morgan fingerprint density at radius 1 is 0.857 bits per heavy atom. The van der Waals surface area contributed by atoms with E-state index in [9.17, 15) is 14.4 Å². The lowest BCUT2D eigenvalue weighted by molar-refractivity contribution is -0.121. The minimum absolute atomic E-state index is 0.0247. The number of likely N-dealkylation sites (tertiary alicyclic amines) is 2. The van der Waals surface area contributed by atoms with Crippen LogP contribution in [0.2, 0.25) is 0 Å². The van der Waals surface area contributed by atoms with E-state index in [4.69, 9.17) is 0 Å². The van der Waals surface area contributed by atoms with Crippen LogP contribution in [-0.4, -0.2) is 53.8 Å². The van der Waals surface area contributed by atoms with Gasteiger partial charge in [-0.2, -0.15) is 0 Å². The maximum Gasteiger partial charge on any atom is 0.321 e. The Morgan fingerprint density at radius 3 is 2.17 bits per heavy atom. The lowest BCUT2D eigenvalue weighted by Gasteiger charge is -2.35. The van der Waals surface area contributed by atoms with Gasteiger partial charge < -0.3 is 20.4 Å². The van der Waals surface area contributed by atoms with E-state index < -0.39 is 0 Å². The Kier molecular flexibility index (Phi) is 7.73. The molecule has 0 spiro atoms. The number of piperidine rings is 2. The SMILES string of the molecule is Cc1ccc(C(=O)N2CC(C)CC(C)C2)cc1NC(=O)C1CCN(C(=O)Nc2ccccc2)CC1. The number of nitrogens with zero attached hydrogens (tertiary/aromatic N) is 2. The third kappa shape index (κ3) is 6.21. The molecule has 2 unspecified atom stereocenters. The van der Waals surface area contributed by atoms with Gasteiger partial charge >= 0.3 is 6.03 Å². The topological polar surface area (TPSA) is 81.8 Å². The first kappa shape index (κ1) is 24.8. The highest BCUT2D eigenvalue weighted by atomic mass is 16.2. The fraction of sp³-hybridized carbons (Fsp3) is 0.464. The fourth-order valence-electron chi connectivity index (χ4n) is 5.20. The molecule has 35 heavy (non-hydrogen) atoms. The number of hydrogen-bond acceptors (Lipinski definition) is 3. The van der Waals surface area contributed by atoms with Gasteiger partial charge in [0.1, 0.15) is 0 Å². The van der Waals surface area contributed by atoms with Gasteiger partial charge in [-0.25, -0.2) is 4.79 Å². The molecule has 2 saturated heterocycles. The largest absolute Gasteiger partial charge is 0.338 e. The van der Waals surface area contributed by atoms with E-state index in [-0.39, 0.29) is 23.8 Å². The molecule has 0 saturated carbocycles. The maximum absolute atomic E-state index is 13.1. The van der Waals surface area contributed by atoms with Gasteiger partial charge in [0.05, 0.1) is 0 Å². The molecule has 4 rings (SSSR count). The van der Waals surface area contributed by atoms with Crippen molar-refractivity contribution in [2.24, 2.45) is 17.8 Å². The molecule has 2 heterocycles. The summed E-state index contributed by atoms with van der Waals surface area (Å²) in [6, 6.07) is 14.8. The predicted octanol–water partition coefficient (Wildman–Crippen LogP) is 5.00. The second-order valence-corrected chi connectivity index (χ2v) is 10.2. The van der Waals surface area contributed by atoms with Crippen LogP contribution >= 0.6 is 0 Å². The number of carbonyl (C=O) groups excluding carboxylic acids is 3. The summed E-state index contributed by atoms with van der Waals surface area (Å²) in [5.74, 6) is 0.789. The van der Waals surface area contributed by atoms with Gasteiger partial charge in [0.2, 0.25) is 5.91 Å². The van der Waals surface area contributed by atoms with Crippen molar-refractivity contribution in [2.75, 3.05) is 36.8 Å². The smallest absolute Gasteiger partial charge is 0.321 e. The summed E-state index contributed by atoms with van der Waals surface area (Å²) in [7, 11) is 0. The molecule has 2 fully saturated rings. The standard InChI is InChI=1S/C28H36N4O3/c1-19-15-20(2)18-32(17-19)27(34)23-10-9-21(3)25(16-23)30-26(33)22-11-13-31(14-12-22)28(35)29-24-7-5-4-6-8-24/h4-10,16,19-20,22H,11-15,17-18H2,1-3H3,(H,29,35)(H,30,33). The van der Waals surface area contributed by atoms with Crippen LogP contribution in [0.1, 0.15) is 49.0 Å². The van der Waals surface area contributed by atoms with E-state index in [1.807, 2.05) is 60.4 Å². The van der Waals surface area contributed by atoms with Gasteiger partial charge in [-0.05, 0) is 67.9 Å². The highest BCUT2D eigenvalue weighted by Crippen LogP contribution is 2.26. The van der Waals surface area contributed by atoms with Crippen LogP contribution < -0.4 is 10.6 Å². The zero-order valence-electron chi connectivity index (χ0n) is 20.9. The molecular weight excluding hydrogens is 440 g/mol. The van der Waals surface area contributed by atoms with Crippen LogP contribution in [0.4, 0.5) is 16.2 Å². The monoisotopic (exact) mass is 476 g/mol. The summed E-state index contributed by atoms with van der Waals surface area (Å²) >= 11 is 0. The first-order valence-corrected chi connectivity index (χ1v) is 12.6. The van der Waals surface area contributed by atoms with E-state index in [1.165, 1.54) is 0 Å². The quantitative estimate of drug-likeness (QED) is 0.652. The number of rotatable bonds is 4. The third-order valence-electron chi connectivity index (χ3n) is 7.08. The van der Waals surface area contributed by atoms with Crippen molar-refractivity contribution in [3.05, 3.63) is 59.7 Å². The number of carbonyl (C=O) groups is 3. The second kappa shape index (κ2) is 10.9. The molecule has 0 aliphatic carbocycles. The van der Waals surface area contributed by atoms with Gasteiger partial charge in [0.15, 0.2) is 0 Å². The van der Waals surface area contributed by atoms with E-state index in [0.717, 1.165) is 30.8 Å². The Balaban J connectivity index is 1.33. The molecule has 0 aromatic heterocycles. The summed E-state index contributed by atoms with van der Waals surface area (Å²) in [5.41, 5.74) is 2.98. The highest BCUT2D eigenvalue weighted by Gasteiger charge is 2.29. The summed E-state index contributed by atoms with van der Waals surface area (Å²) in [6.45, 7) is 8.91. The number of anilines is 2. The molecule has 186 valence electrons. The van der Waals surface area contributed by atoms with Gasteiger partial charge in [-0.3, -0.25) is 9.59 Å². The maximum atomic E-state index is 13.1. The summed E-state index contributed by atoms with van der Waals surface area (Å²) in [6.07, 6.45) is 2.36.